The van der Waals surface area contributed by atoms with Gasteiger partial charge in [-0.25, -0.2) is 0 Å². The first kappa shape index (κ1) is 19.2. The first-order valence-corrected chi connectivity index (χ1v) is 9.76. The first-order valence-electron chi connectivity index (χ1n) is 9.76. The zero-order chi connectivity index (χ0) is 17.5. The van der Waals surface area contributed by atoms with Crippen LogP contribution in [-0.2, 0) is 9.59 Å². The van der Waals surface area contributed by atoms with E-state index in [9.17, 15) is 14.7 Å². The second-order valence-corrected chi connectivity index (χ2v) is 7.63. The summed E-state index contributed by atoms with van der Waals surface area (Å²) in [7, 11) is 0. The highest BCUT2D eigenvalue weighted by atomic mass is 16.3. The molecule has 2 rings (SSSR count). The van der Waals surface area contributed by atoms with Crippen molar-refractivity contribution in [1.82, 2.24) is 10.2 Å². The van der Waals surface area contributed by atoms with E-state index in [1.165, 1.54) is 6.42 Å². The van der Waals surface area contributed by atoms with Crippen molar-refractivity contribution in [2.24, 2.45) is 17.8 Å². The number of aliphatic hydroxyl groups excluding tert-OH is 1. The lowest BCUT2D eigenvalue weighted by Gasteiger charge is -2.35. The van der Waals surface area contributed by atoms with E-state index >= 15 is 0 Å². The maximum Gasteiger partial charge on any atom is 0.225 e. The van der Waals surface area contributed by atoms with Gasteiger partial charge < -0.3 is 15.3 Å². The predicted molar refractivity (Wildman–Crippen MR) is 94.4 cm³/mol. The number of aliphatic hydroxyl groups is 1. The van der Waals surface area contributed by atoms with Crippen LogP contribution in [0.15, 0.2) is 0 Å². The van der Waals surface area contributed by atoms with Crippen LogP contribution in [0, 0.1) is 17.8 Å². The van der Waals surface area contributed by atoms with Gasteiger partial charge in [0.2, 0.25) is 11.8 Å². The van der Waals surface area contributed by atoms with Crippen LogP contribution in [0.25, 0.3) is 0 Å². The summed E-state index contributed by atoms with van der Waals surface area (Å²) in [5.41, 5.74) is 0. The van der Waals surface area contributed by atoms with Crippen molar-refractivity contribution in [3.05, 3.63) is 0 Å². The van der Waals surface area contributed by atoms with E-state index in [1.807, 2.05) is 18.7 Å². The molecular formula is C19H34N2O3. The Morgan fingerprint density at radius 1 is 1.17 bits per heavy atom. The third-order valence-electron chi connectivity index (χ3n) is 5.86. The number of hydrogen-bond acceptors (Lipinski definition) is 3. The second kappa shape index (κ2) is 9.40. The number of nitrogens with zero attached hydrogens (tertiary/aromatic N) is 1. The monoisotopic (exact) mass is 338 g/mol. The quantitative estimate of drug-likeness (QED) is 0.756. The fourth-order valence-corrected chi connectivity index (χ4v) is 3.97. The van der Waals surface area contributed by atoms with Gasteiger partial charge in [-0.2, -0.15) is 0 Å². The lowest BCUT2D eigenvalue weighted by Crippen LogP contribution is -2.50. The third-order valence-corrected chi connectivity index (χ3v) is 5.86. The molecule has 5 heteroatoms. The minimum Gasteiger partial charge on any atom is -0.396 e. The SMILES string of the molecule is CCC(C)C(=O)N1CCCC(C(=O)NC2CCCCCC2CO)C1. The van der Waals surface area contributed by atoms with Crippen LogP contribution in [0.2, 0.25) is 0 Å². The molecule has 1 aliphatic heterocycles. The highest BCUT2D eigenvalue weighted by Crippen LogP contribution is 2.25. The molecular weight excluding hydrogens is 304 g/mol. The number of carbonyl (C=O) groups is 2. The van der Waals surface area contributed by atoms with E-state index in [0.717, 1.165) is 51.5 Å². The summed E-state index contributed by atoms with van der Waals surface area (Å²) in [4.78, 5) is 27.0. The standard InChI is InChI=1S/C19H34N2O3/c1-3-14(2)19(24)21-11-7-9-15(12-21)18(23)20-17-10-6-4-5-8-16(17)13-22/h14-17,22H,3-13H2,1-2H3,(H,20,23). The van der Waals surface area contributed by atoms with E-state index in [2.05, 4.69) is 5.32 Å². The van der Waals surface area contributed by atoms with Gasteiger partial charge in [-0.1, -0.05) is 33.1 Å². The predicted octanol–water partition coefficient (Wildman–Crippen LogP) is 2.33. The van der Waals surface area contributed by atoms with Gasteiger partial charge >= 0.3 is 0 Å². The Morgan fingerprint density at radius 2 is 1.92 bits per heavy atom. The molecule has 2 fully saturated rings. The van der Waals surface area contributed by atoms with Crippen molar-refractivity contribution in [3.8, 4) is 0 Å². The average molecular weight is 338 g/mol. The van der Waals surface area contributed by atoms with Gasteiger partial charge in [0.15, 0.2) is 0 Å². The number of hydrogen-bond donors (Lipinski definition) is 2. The summed E-state index contributed by atoms with van der Waals surface area (Å²) in [6.45, 7) is 5.45. The largest absolute Gasteiger partial charge is 0.396 e. The van der Waals surface area contributed by atoms with Gasteiger partial charge in [0.1, 0.15) is 0 Å². The average Bonchev–Trinajstić information content (AvgIpc) is 2.85. The molecule has 0 aromatic rings. The minimum absolute atomic E-state index is 0.0347. The first-order chi connectivity index (χ1) is 11.6. The van der Waals surface area contributed by atoms with E-state index in [1.54, 1.807) is 0 Å². The number of piperidine rings is 1. The third kappa shape index (κ3) is 4.95. The van der Waals surface area contributed by atoms with E-state index in [-0.39, 0.29) is 42.2 Å². The molecule has 1 saturated heterocycles. The summed E-state index contributed by atoms with van der Waals surface area (Å²) in [5, 5.41) is 12.8. The fourth-order valence-electron chi connectivity index (χ4n) is 3.97. The summed E-state index contributed by atoms with van der Waals surface area (Å²) in [5.74, 6) is 0.361. The van der Waals surface area contributed by atoms with Crippen molar-refractivity contribution in [3.63, 3.8) is 0 Å². The molecule has 0 aromatic heterocycles. The summed E-state index contributed by atoms with van der Waals surface area (Å²) >= 11 is 0. The normalized spacial score (nSPS) is 29.6. The van der Waals surface area contributed by atoms with Gasteiger partial charge in [0, 0.05) is 37.6 Å². The Labute approximate surface area is 146 Å². The van der Waals surface area contributed by atoms with Gasteiger partial charge in [0.25, 0.3) is 0 Å². The smallest absolute Gasteiger partial charge is 0.225 e. The summed E-state index contributed by atoms with van der Waals surface area (Å²) in [6.07, 6.45) is 7.98. The zero-order valence-electron chi connectivity index (χ0n) is 15.3. The van der Waals surface area contributed by atoms with Gasteiger partial charge in [0.05, 0.1) is 5.92 Å². The molecule has 0 aromatic carbocycles. The molecule has 1 saturated carbocycles. The molecule has 2 N–H and O–H groups in total. The second-order valence-electron chi connectivity index (χ2n) is 7.63. The lowest BCUT2D eigenvalue weighted by molar-refractivity contribution is -0.139. The molecule has 1 aliphatic carbocycles. The van der Waals surface area contributed by atoms with E-state index in [4.69, 9.17) is 0 Å². The molecule has 1 heterocycles. The topological polar surface area (TPSA) is 69.6 Å². The van der Waals surface area contributed by atoms with Crippen molar-refractivity contribution in [2.75, 3.05) is 19.7 Å². The van der Waals surface area contributed by atoms with Crippen molar-refractivity contribution in [1.29, 1.82) is 0 Å². The number of likely N-dealkylation sites (tertiary alicyclic amines) is 1. The van der Waals surface area contributed by atoms with Crippen LogP contribution < -0.4 is 5.32 Å². The molecule has 2 aliphatic rings. The molecule has 0 spiro atoms. The molecule has 4 atom stereocenters. The van der Waals surface area contributed by atoms with Crippen LogP contribution in [0.5, 0.6) is 0 Å². The van der Waals surface area contributed by atoms with Crippen molar-refractivity contribution >= 4 is 11.8 Å². The van der Waals surface area contributed by atoms with Gasteiger partial charge in [-0.3, -0.25) is 9.59 Å². The lowest BCUT2D eigenvalue weighted by atomic mass is 9.92. The maximum absolute atomic E-state index is 12.7. The van der Waals surface area contributed by atoms with Gasteiger partial charge in [-0.15, -0.1) is 0 Å². The van der Waals surface area contributed by atoms with Crippen molar-refractivity contribution < 1.29 is 14.7 Å². The molecule has 0 bridgehead atoms. The molecule has 5 nitrogen and oxygen atoms in total. The van der Waals surface area contributed by atoms with E-state index in [0.29, 0.717) is 6.54 Å². The fraction of sp³-hybridized carbons (Fsp3) is 0.895. The van der Waals surface area contributed by atoms with Crippen LogP contribution in [-0.4, -0.2) is 47.6 Å². The number of rotatable bonds is 5. The number of amides is 2. The van der Waals surface area contributed by atoms with Crippen LogP contribution >= 0.6 is 0 Å². The Hall–Kier alpha value is -1.10. The Balaban J connectivity index is 1.92. The minimum atomic E-state index is -0.102. The summed E-state index contributed by atoms with van der Waals surface area (Å²) in [6, 6.07) is 0.0886. The molecule has 138 valence electrons. The zero-order valence-corrected chi connectivity index (χ0v) is 15.3. The van der Waals surface area contributed by atoms with E-state index < -0.39 is 0 Å². The maximum atomic E-state index is 12.7. The molecule has 0 radical (unpaired) electrons. The number of nitrogens with one attached hydrogen (secondary N) is 1. The number of carbonyl (C=O) groups excluding carboxylic acids is 2. The van der Waals surface area contributed by atoms with Crippen molar-refractivity contribution in [2.45, 2.75) is 71.3 Å². The van der Waals surface area contributed by atoms with Crippen LogP contribution in [0.1, 0.15) is 65.2 Å². The highest BCUT2D eigenvalue weighted by molar-refractivity contribution is 5.82. The molecule has 4 unspecified atom stereocenters. The van der Waals surface area contributed by atoms with Gasteiger partial charge in [-0.05, 0) is 32.1 Å². The van der Waals surface area contributed by atoms with Crippen LogP contribution in [0.4, 0.5) is 0 Å². The molecule has 2 amide bonds. The van der Waals surface area contributed by atoms with Crippen LogP contribution in [0.3, 0.4) is 0 Å². The summed E-state index contributed by atoms with van der Waals surface area (Å²) < 4.78 is 0. The molecule has 24 heavy (non-hydrogen) atoms. The Morgan fingerprint density at radius 3 is 2.62 bits per heavy atom. The highest BCUT2D eigenvalue weighted by Gasteiger charge is 2.32. The Kier molecular flexibility index (Phi) is 7.53. The Bertz CT molecular complexity index is 427.